The van der Waals surface area contributed by atoms with E-state index in [1.165, 1.54) is 20.2 Å². The smallest absolute Gasteiger partial charge is 0.0766 e. The van der Waals surface area contributed by atoms with Crippen LogP contribution in [0, 0.1) is 0 Å². The van der Waals surface area contributed by atoms with Crippen LogP contribution in [0.3, 0.4) is 0 Å². The van der Waals surface area contributed by atoms with E-state index in [-0.39, 0.29) is 0 Å². The van der Waals surface area contributed by atoms with E-state index in [4.69, 9.17) is 0 Å². The Bertz CT molecular complexity index is 26.7. The summed E-state index contributed by atoms with van der Waals surface area (Å²) in [6, 6.07) is 0. The fraction of sp³-hybridized carbons (Fsp3) is 1.00. The van der Waals surface area contributed by atoms with E-state index in [0.717, 1.165) is 0 Å². The van der Waals surface area contributed by atoms with Gasteiger partial charge in [-0.1, -0.05) is 6.55 Å². The van der Waals surface area contributed by atoms with Crippen LogP contribution in [-0.4, -0.2) is 42.9 Å². The van der Waals surface area contributed by atoms with E-state index in [9.17, 15) is 0 Å². The first-order valence-electron chi connectivity index (χ1n) is 2.49. The van der Waals surface area contributed by atoms with Gasteiger partial charge < -0.3 is 3.90 Å². The average molecular weight is 151 g/mol. The predicted octanol–water partition coefficient (Wildman–Crippen LogP) is -3.94. The number of nitrogens with zero attached hydrogens (tertiary/aromatic N) is 1. The second-order valence-electron chi connectivity index (χ2n) is 1.49. The summed E-state index contributed by atoms with van der Waals surface area (Å²) in [5.41, 5.74) is 0. The molecule has 5 heteroatoms. The Morgan fingerprint density at radius 3 is 2.17 bits per heavy atom. The van der Waals surface area contributed by atoms with Crippen molar-refractivity contribution in [3.63, 3.8) is 0 Å². The Morgan fingerprint density at radius 2 is 2.17 bits per heavy atom. The minimum atomic E-state index is 0.330. The minimum absolute atomic E-state index is 0.330. The largest absolute Gasteiger partial charge is 0.388 e. The highest BCUT2D eigenvalue weighted by molar-refractivity contribution is 6.93. The van der Waals surface area contributed by atoms with Crippen molar-refractivity contribution in [3.05, 3.63) is 0 Å². The lowest BCUT2D eigenvalue weighted by atomic mass is 11.9. The molecule has 0 aliphatic heterocycles. The molecule has 0 heterocycles. The summed E-state index contributed by atoms with van der Waals surface area (Å²) in [5.74, 6) is 0. The van der Waals surface area contributed by atoms with Crippen molar-refractivity contribution >= 4 is 39.0 Å². The predicted molar refractivity (Wildman–Crippen MR) is 44.7 cm³/mol. The molecule has 38 valence electrons. The van der Waals surface area contributed by atoms with Gasteiger partial charge in [0.05, 0.1) is 29.3 Å². The van der Waals surface area contributed by atoms with Crippen molar-refractivity contribution in [1.82, 2.24) is 3.90 Å². The van der Waals surface area contributed by atoms with E-state index >= 15 is 0 Å². The SMILES string of the molecule is C[SiH2]N([SiH3])[SiH2][SiH3]. The molecule has 0 atom stereocenters. The highest BCUT2D eigenvalue weighted by Gasteiger charge is 1.83. The molecule has 0 fully saturated rings. The van der Waals surface area contributed by atoms with Gasteiger partial charge >= 0.3 is 0 Å². The van der Waals surface area contributed by atoms with E-state index < -0.39 is 0 Å². The normalized spacial score (nSPS) is 15.0. The molecule has 0 unspecified atom stereocenters. The van der Waals surface area contributed by atoms with Crippen molar-refractivity contribution < 1.29 is 0 Å². The molecule has 0 aliphatic carbocycles. The van der Waals surface area contributed by atoms with Crippen molar-refractivity contribution in [2.45, 2.75) is 6.55 Å². The van der Waals surface area contributed by atoms with E-state index in [0.29, 0.717) is 18.9 Å². The van der Waals surface area contributed by atoms with Gasteiger partial charge in [-0.25, -0.2) is 0 Å². The molecule has 0 aromatic rings. The number of hydrogen-bond acceptors (Lipinski definition) is 1. The fourth-order valence-corrected chi connectivity index (χ4v) is 6.04. The van der Waals surface area contributed by atoms with Crippen molar-refractivity contribution in [3.8, 4) is 0 Å². The lowest BCUT2D eigenvalue weighted by Crippen LogP contribution is -2.26. The zero-order chi connectivity index (χ0) is 4.99. The molecule has 0 amide bonds. The first-order valence-corrected chi connectivity index (χ1v) is 11.7. The molecule has 0 aliphatic rings. The third-order valence-corrected chi connectivity index (χ3v) is 19.4. The molecule has 0 aromatic heterocycles. The summed E-state index contributed by atoms with van der Waals surface area (Å²) >= 11 is 0. The number of hydrogen-bond donors (Lipinski definition) is 0. The Balaban J connectivity index is 2.75. The summed E-state index contributed by atoms with van der Waals surface area (Å²) in [4.78, 5) is 0. The summed E-state index contributed by atoms with van der Waals surface area (Å²) in [6.45, 7) is 2.39. The molecule has 0 rings (SSSR count). The molecule has 0 bridgehead atoms. The van der Waals surface area contributed by atoms with E-state index in [1.807, 2.05) is 0 Å². The Kier molecular flexibility index (Phi) is 4.55. The maximum Gasteiger partial charge on any atom is 0.0766 e. The molecule has 0 N–H and O–H groups in total. The topological polar surface area (TPSA) is 3.24 Å². The lowest BCUT2D eigenvalue weighted by molar-refractivity contribution is 1.14. The van der Waals surface area contributed by atoms with Crippen LogP contribution >= 0.6 is 0 Å². The number of rotatable bonds is 2. The molecule has 0 saturated carbocycles. The van der Waals surface area contributed by atoms with Crippen LogP contribution in [0.1, 0.15) is 0 Å². The van der Waals surface area contributed by atoms with Crippen molar-refractivity contribution in [2.24, 2.45) is 0 Å². The Labute approximate surface area is 50.0 Å². The zero-order valence-corrected chi connectivity index (χ0v) is 11.7. The van der Waals surface area contributed by atoms with E-state index in [1.54, 1.807) is 0 Å². The summed E-state index contributed by atoms with van der Waals surface area (Å²) in [6.07, 6.45) is 0. The van der Waals surface area contributed by atoms with Gasteiger partial charge in [0.25, 0.3) is 0 Å². The molecule has 0 radical (unpaired) electrons. The van der Waals surface area contributed by atoms with Gasteiger partial charge in [0.2, 0.25) is 0 Å². The lowest BCUT2D eigenvalue weighted by Gasteiger charge is -2.07. The molecular weight excluding hydrogens is 138 g/mol. The third kappa shape index (κ3) is 3.03. The van der Waals surface area contributed by atoms with Gasteiger partial charge in [0, 0.05) is 9.76 Å². The zero-order valence-electron chi connectivity index (χ0n) is 4.86. The first kappa shape index (κ1) is 6.83. The van der Waals surface area contributed by atoms with Crippen molar-refractivity contribution in [2.75, 3.05) is 0 Å². The van der Waals surface area contributed by atoms with Gasteiger partial charge in [-0.05, 0) is 0 Å². The highest BCUT2D eigenvalue weighted by atomic mass is 29.1. The molecule has 0 spiro atoms. The van der Waals surface area contributed by atoms with Crippen molar-refractivity contribution in [1.29, 1.82) is 0 Å². The van der Waals surface area contributed by atoms with Crippen LogP contribution in [0.4, 0.5) is 0 Å². The van der Waals surface area contributed by atoms with Gasteiger partial charge in [-0.3, -0.25) is 0 Å². The van der Waals surface area contributed by atoms with Gasteiger partial charge in [0.1, 0.15) is 0 Å². The second-order valence-corrected chi connectivity index (χ2v) is 11.5. The second kappa shape index (κ2) is 4.00. The fourth-order valence-electron chi connectivity index (χ4n) is 0.224. The third-order valence-electron chi connectivity index (χ3n) is 1.08. The minimum Gasteiger partial charge on any atom is -0.388 e. The molecular formula is CH13NSi4. The standard InChI is InChI=1S/CH13NSi4/c1-5-2(3)6-4/h5-6H2,1,3-4H3. The van der Waals surface area contributed by atoms with Gasteiger partial charge in [-0.15, -0.1) is 0 Å². The summed E-state index contributed by atoms with van der Waals surface area (Å²) in [7, 11) is 3.66. The quantitative estimate of drug-likeness (QED) is 0.365. The monoisotopic (exact) mass is 151 g/mol. The summed E-state index contributed by atoms with van der Waals surface area (Å²) < 4.78 is 2.73. The Morgan fingerprint density at radius 1 is 1.67 bits per heavy atom. The maximum absolute atomic E-state index is 2.73. The van der Waals surface area contributed by atoms with Crippen LogP contribution in [-0.2, 0) is 0 Å². The highest BCUT2D eigenvalue weighted by Crippen LogP contribution is 1.62. The molecule has 0 aromatic carbocycles. The maximum atomic E-state index is 2.73. The van der Waals surface area contributed by atoms with Gasteiger partial charge in [0.15, 0.2) is 0 Å². The van der Waals surface area contributed by atoms with E-state index in [2.05, 4.69) is 10.4 Å². The molecule has 0 saturated heterocycles. The first-order chi connectivity index (χ1) is 2.81. The van der Waals surface area contributed by atoms with Crippen LogP contribution in [0.2, 0.25) is 6.55 Å². The van der Waals surface area contributed by atoms with Crippen LogP contribution in [0.25, 0.3) is 0 Å². The van der Waals surface area contributed by atoms with Crippen LogP contribution in [0.15, 0.2) is 0 Å². The van der Waals surface area contributed by atoms with Crippen LogP contribution in [0.5, 0.6) is 0 Å². The molecule has 1 nitrogen and oxygen atoms in total. The Hall–Kier alpha value is 0.828. The van der Waals surface area contributed by atoms with Crippen LogP contribution < -0.4 is 0 Å². The average Bonchev–Trinajstić information content (AvgIpc) is 1.65. The summed E-state index contributed by atoms with van der Waals surface area (Å²) in [5, 5.41) is 0. The molecule has 6 heavy (non-hydrogen) atoms. The van der Waals surface area contributed by atoms with Gasteiger partial charge in [-0.2, -0.15) is 0 Å².